The van der Waals surface area contributed by atoms with Crippen molar-refractivity contribution in [2.24, 2.45) is 5.41 Å². The molecule has 0 saturated carbocycles. The number of amides is 1. The number of hydrogen-bond donors (Lipinski definition) is 1. The molecule has 0 aliphatic rings. The Labute approximate surface area is 67.4 Å². The fourth-order valence-corrected chi connectivity index (χ4v) is 0.666. The Morgan fingerprint density at radius 2 is 2.18 bits per heavy atom. The molecule has 1 N–H and O–H groups in total. The predicted molar refractivity (Wildman–Crippen MR) is 42.4 cm³/mol. The molecule has 0 fully saturated rings. The smallest absolute Gasteiger partial charge is 0.233 e. The van der Waals surface area contributed by atoms with Crippen LogP contribution in [-0.4, -0.2) is 5.91 Å². The van der Waals surface area contributed by atoms with Gasteiger partial charge in [-0.15, -0.1) is 0 Å². The van der Waals surface area contributed by atoms with Gasteiger partial charge in [-0.1, -0.05) is 27.2 Å². The molecule has 0 aliphatic heterocycles. The number of nitrogens with zero attached hydrogens (tertiary/aromatic N) is 1. The first kappa shape index (κ1) is 9.96. The van der Waals surface area contributed by atoms with E-state index in [4.69, 9.17) is 5.26 Å². The van der Waals surface area contributed by atoms with Gasteiger partial charge < -0.3 is 0 Å². The first-order valence-corrected chi connectivity index (χ1v) is 3.70. The summed E-state index contributed by atoms with van der Waals surface area (Å²) < 4.78 is 0. The maximum atomic E-state index is 10.9. The standard InChI is InChI=1S/C8H14N2O/c1-4-8(2,3)5-7(11)10-6-9/h4-5H2,1-3H3,(H,10,11). The third-order valence-electron chi connectivity index (χ3n) is 1.79. The van der Waals surface area contributed by atoms with Crippen molar-refractivity contribution < 1.29 is 4.79 Å². The summed E-state index contributed by atoms with van der Waals surface area (Å²) in [4.78, 5) is 10.9. The normalized spacial score (nSPS) is 10.4. The summed E-state index contributed by atoms with van der Waals surface area (Å²) in [6.07, 6.45) is 2.96. The Morgan fingerprint density at radius 3 is 2.55 bits per heavy atom. The van der Waals surface area contributed by atoms with E-state index in [1.807, 2.05) is 20.8 Å². The topological polar surface area (TPSA) is 52.9 Å². The summed E-state index contributed by atoms with van der Waals surface area (Å²) in [5.41, 5.74) is 0.000926. The molecule has 0 rings (SSSR count). The average Bonchev–Trinajstić information content (AvgIpc) is 1.87. The van der Waals surface area contributed by atoms with Gasteiger partial charge in [0.15, 0.2) is 6.19 Å². The van der Waals surface area contributed by atoms with Crippen LogP contribution in [0.2, 0.25) is 0 Å². The number of hydrogen-bond acceptors (Lipinski definition) is 2. The second-order valence-electron chi connectivity index (χ2n) is 3.35. The summed E-state index contributed by atoms with van der Waals surface area (Å²) in [6, 6.07) is 0. The minimum absolute atomic E-state index is 0.000926. The van der Waals surface area contributed by atoms with E-state index in [0.29, 0.717) is 6.42 Å². The van der Waals surface area contributed by atoms with Crippen LogP contribution in [0.5, 0.6) is 0 Å². The van der Waals surface area contributed by atoms with Crippen molar-refractivity contribution in [1.82, 2.24) is 5.32 Å². The van der Waals surface area contributed by atoms with Gasteiger partial charge in [-0.05, 0) is 5.41 Å². The molecule has 0 aliphatic carbocycles. The van der Waals surface area contributed by atoms with Crippen molar-refractivity contribution in [2.45, 2.75) is 33.6 Å². The second kappa shape index (κ2) is 3.97. The van der Waals surface area contributed by atoms with E-state index in [-0.39, 0.29) is 11.3 Å². The fraction of sp³-hybridized carbons (Fsp3) is 0.750. The van der Waals surface area contributed by atoms with Crippen molar-refractivity contribution in [1.29, 1.82) is 5.26 Å². The highest BCUT2D eigenvalue weighted by Crippen LogP contribution is 2.23. The molecule has 3 nitrogen and oxygen atoms in total. The lowest BCUT2D eigenvalue weighted by Gasteiger charge is -2.20. The third-order valence-corrected chi connectivity index (χ3v) is 1.79. The van der Waals surface area contributed by atoms with Crippen molar-refractivity contribution in [3.05, 3.63) is 0 Å². The zero-order valence-electron chi connectivity index (χ0n) is 7.27. The maximum Gasteiger partial charge on any atom is 0.233 e. The van der Waals surface area contributed by atoms with Gasteiger partial charge in [0, 0.05) is 6.42 Å². The Bertz CT molecular complexity index is 179. The van der Waals surface area contributed by atoms with Crippen molar-refractivity contribution in [3.63, 3.8) is 0 Å². The predicted octanol–water partition coefficient (Wildman–Crippen LogP) is 1.41. The summed E-state index contributed by atoms with van der Waals surface area (Å²) in [5, 5.41) is 10.2. The molecule has 0 bridgehead atoms. The largest absolute Gasteiger partial charge is 0.274 e. The molecule has 0 unspecified atom stereocenters. The minimum atomic E-state index is -0.195. The number of carbonyl (C=O) groups is 1. The summed E-state index contributed by atoms with van der Waals surface area (Å²) in [6.45, 7) is 6.04. The third kappa shape index (κ3) is 4.38. The van der Waals surface area contributed by atoms with Crippen LogP contribution in [0.25, 0.3) is 0 Å². The zero-order valence-corrected chi connectivity index (χ0v) is 7.27. The first-order chi connectivity index (χ1) is 5.02. The number of nitriles is 1. The van der Waals surface area contributed by atoms with Crippen LogP contribution in [0.1, 0.15) is 33.6 Å². The summed E-state index contributed by atoms with van der Waals surface area (Å²) in [7, 11) is 0. The number of rotatable bonds is 3. The minimum Gasteiger partial charge on any atom is -0.274 e. The van der Waals surface area contributed by atoms with E-state index in [1.54, 1.807) is 6.19 Å². The van der Waals surface area contributed by atoms with E-state index in [1.165, 1.54) is 0 Å². The molecule has 11 heavy (non-hydrogen) atoms. The Kier molecular flexibility index (Phi) is 3.59. The van der Waals surface area contributed by atoms with E-state index >= 15 is 0 Å². The second-order valence-corrected chi connectivity index (χ2v) is 3.35. The van der Waals surface area contributed by atoms with Crippen LogP contribution in [-0.2, 0) is 4.79 Å². The molecule has 0 atom stereocenters. The number of nitrogens with one attached hydrogen (secondary N) is 1. The van der Waals surface area contributed by atoms with Gasteiger partial charge in [0.25, 0.3) is 0 Å². The van der Waals surface area contributed by atoms with Crippen LogP contribution in [0.4, 0.5) is 0 Å². The Morgan fingerprint density at radius 1 is 1.64 bits per heavy atom. The molecule has 0 aromatic heterocycles. The van der Waals surface area contributed by atoms with Crippen molar-refractivity contribution in [3.8, 4) is 6.19 Å². The highest BCUT2D eigenvalue weighted by Gasteiger charge is 2.18. The Balaban J connectivity index is 3.86. The Hall–Kier alpha value is -1.04. The van der Waals surface area contributed by atoms with E-state index < -0.39 is 0 Å². The molecular weight excluding hydrogens is 140 g/mol. The molecular formula is C8H14N2O. The maximum absolute atomic E-state index is 10.9. The van der Waals surface area contributed by atoms with Crippen LogP contribution < -0.4 is 5.32 Å². The molecule has 0 aromatic carbocycles. The summed E-state index contributed by atoms with van der Waals surface area (Å²) >= 11 is 0. The first-order valence-electron chi connectivity index (χ1n) is 3.70. The van der Waals surface area contributed by atoms with Gasteiger partial charge in [0.1, 0.15) is 0 Å². The van der Waals surface area contributed by atoms with Crippen LogP contribution in [0.15, 0.2) is 0 Å². The molecule has 0 aromatic rings. The molecule has 0 spiro atoms. The van der Waals surface area contributed by atoms with Gasteiger partial charge in [-0.3, -0.25) is 10.1 Å². The quantitative estimate of drug-likeness (QED) is 0.493. The van der Waals surface area contributed by atoms with Crippen LogP contribution in [0, 0.1) is 16.9 Å². The van der Waals surface area contributed by atoms with E-state index in [9.17, 15) is 4.79 Å². The molecule has 3 heteroatoms. The number of carbonyl (C=O) groups excluding carboxylic acids is 1. The highest BCUT2D eigenvalue weighted by atomic mass is 16.1. The lowest BCUT2D eigenvalue weighted by Crippen LogP contribution is -2.24. The SMILES string of the molecule is CCC(C)(C)CC(=O)NC#N. The van der Waals surface area contributed by atoms with Crippen LogP contribution in [0.3, 0.4) is 0 Å². The molecule has 0 saturated heterocycles. The average molecular weight is 154 g/mol. The van der Waals surface area contributed by atoms with Crippen molar-refractivity contribution in [2.75, 3.05) is 0 Å². The van der Waals surface area contributed by atoms with Gasteiger partial charge in [0.05, 0.1) is 0 Å². The van der Waals surface area contributed by atoms with E-state index in [2.05, 4.69) is 5.32 Å². The van der Waals surface area contributed by atoms with Gasteiger partial charge in [0.2, 0.25) is 5.91 Å². The zero-order chi connectivity index (χ0) is 8.91. The van der Waals surface area contributed by atoms with Gasteiger partial charge >= 0.3 is 0 Å². The van der Waals surface area contributed by atoms with Gasteiger partial charge in [-0.2, -0.15) is 5.26 Å². The fourth-order valence-electron chi connectivity index (χ4n) is 0.666. The lowest BCUT2D eigenvalue weighted by molar-refractivity contribution is -0.121. The van der Waals surface area contributed by atoms with Crippen LogP contribution >= 0.6 is 0 Å². The molecule has 62 valence electrons. The molecule has 1 amide bonds. The van der Waals surface area contributed by atoms with E-state index in [0.717, 1.165) is 6.42 Å². The lowest BCUT2D eigenvalue weighted by atomic mass is 9.86. The van der Waals surface area contributed by atoms with Gasteiger partial charge in [-0.25, -0.2) is 0 Å². The monoisotopic (exact) mass is 154 g/mol. The molecule has 0 heterocycles. The van der Waals surface area contributed by atoms with Crippen molar-refractivity contribution >= 4 is 5.91 Å². The summed E-state index contributed by atoms with van der Waals surface area (Å²) in [5.74, 6) is -0.195. The molecule has 0 radical (unpaired) electrons. The highest BCUT2D eigenvalue weighted by molar-refractivity contribution is 5.77.